The van der Waals surface area contributed by atoms with Crippen molar-refractivity contribution in [3.63, 3.8) is 0 Å². The normalized spacial score (nSPS) is 27.4. The quantitative estimate of drug-likeness (QED) is 0.722. The highest BCUT2D eigenvalue weighted by Crippen LogP contribution is 2.37. The fourth-order valence-electron chi connectivity index (χ4n) is 3.22. The van der Waals surface area contributed by atoms with E-state index in [9.17, 15) is 18.3 Å². The lowest BCUT2D eigenvalue weighted by molar-refractivity contribution is -0.137. The van der Waals surface area contributed by atoms with Gasteiger partial charge >= 0.3 is 6.18 Å². The van der Waals surface area contributed by atoms with Crippen molar-refractivity contribution in [2.45, 2.75) is 50.7 Å². The minimum atomic E-state index is -4.08. The molecular formula is C14H27F3N2O. The summed E-state index contributed by atoms with van der Waals surface area (Å²) in [6, 6.07) is 0. The SMILES string of the molecule is CCNC1(CO)CCCC1CCN(C)CCC(F)(F)F. The van der Waals surface area contributed by atoms with E-state index >= 15 is 0 Å². The second-order valence-electron chi connectivity index (χ2n) is 5.89. The molecule has 0 aromatic heterocycles. The lowest BCUT2D eigenvalue weighted by atomic mass is 9.85. The third-order valence-corrected chi connectivity index (χ3v) is 4.40. The summed E-state index contributed by atoms with van der Waals surface area (Å²) in [7, 11) is 1.73. The van der Waals surface area contributed by atoms with E-state index in [0.717, 1.165) is 32.2 Å². The zero-order chi connectivity index (χ0) is 15.2. The summed E-state index contributed by atoms with van der Waals surface area (Å²) >= 11 is 0. The molecule has 0 aromatic rings. The van der Waals surface area contributed by atoms with Crippen LogP contribution in [0.3, 0.4) is 0 Å². The van der Waals surface area contributed by atoms with Crippen molar-refractivity contribution < 1.29 is 18.3 Å². The molecular weight excluding hydrogens is 269 g/mol. The molecule has 0 saturated heterocycles. The lowest BCUT2D eigenvalue weighted by Gasteiger charge is -2.35. The first kappa shape index (κ1) is 17.7. The van der Waals surface area contributed by atoms with Crippen molar-refractivity contribution in [3.8, 4) is 0 Å². The number of aliphatic hydroxyl groups is 1. The highest BCUT2D eigenvalue weighted by molar-refractivity contribution is 4.98. The van der Waals surface area contributed by atoms with Gasteiger partial charge in [-0.2, -0.15) is 13.2 Å². The third kappa shape index (κ3) is 5.22. The number of alkyl halides is 3. The number of halogens is 3. The summed E-state index contributed by atoms with van der Waals surface area (Å²) < 4.78 is 36.5. The number of likely N-dealkylation sites (N-methyl/N-ethyl adjacent to an activating group) is 1. The van der Waals surface area contributed by atoms with Crippen molar-refractivity contribution >= 4 is 0 Å². The molecule has 0 bridgehead atoms. The second-order valence-corrected chi connectivity index (χ2v) is 5.89. The highest BCUT2D eigenvalue weighted by Gasteiger charge is 2.41. The summed E-state index contributed by atoms with van der Waals surface area (Å²) in [6.07, 6.45) is -0.936. The van der Waals surface area contributed by atoms with Gasteiger partial charge in [-0.1, -0.05) is 13.3 Å². The van der Waals surface area contributed by atoms with Gasteiger partial charge in [0.1, 0.15) is 0 Å². The zero-order valence-corrected chi connectivity index (χ0v) is 12.5. The molecule has 3 nitrogen and oxygen atoms in total. The van der Waals surface area contributed by atoms with Gasteiger partial charge in [-0.05, 0) is 45.3 Å². The average molecular weight is 296 g/mol. The minimum Gasteiger partial charge on any atom is -0.394 e. The van der Waals surface area contributed by atoms with Crippen molar-refractivity contribution in [2.75, 3.05) is 33.3 Å². The van der Waals surface area contributed by atoms with Gasteiger partial charge < -0.3 is 15.3 Å². The van der Waals surface area contributed by atoms with E-state index in [4.69, 9.17) is 0 Å². The van der Waals surface area contributed by atoms with E-state index in [1.54, 1.807) is 11.9 Å². The Balaban J connectivity index is 2.39. The molecule has 0 aliphatic heterocycles. The van der Waals surface area contributed by atoms with Crippen LogP contribution in [0.5, 0.6) is 0 Å². The van der Waals surface area contributed by atoms with Gasteiger partial charge in [0.25, 0.3) is 0 Å². The minimum absolute atomic E-state index is 0.0452. The van der Waals surface area contributed by atoms with Crippen LogP contribution >= 0.6 is 0 Å². The van der Waals surface area contributed by atoms with E-state index in [1.165, 1.54) is 0 Å². The van der Waals surface area contributed by atoms with Gasteiger partial charge in [-0.15, -0.1) is 0 Å². The molecule has 0 heterocycles. The first-order chi connectivity index (χ1) is 9.33. The van der Waals surface area contributed by atoms with Gasteiger partial charge in [-0.3, -0.25) is 0 Å². The Labute approximate surface area is 119 Å². The molecule has 2 atom stereocenters. The van der Waals surface area contributed by atoms with Crippen LogP contribution in [0.4, 0.5) is 13.2 Å². The van der Waals surface area contributed by atoms with Crippen molar-refractivity contribution in [1.82, 2.24) is 10.2 Å². The molecule has 1 saturated carbocycles. The number of hydrogen-bond donors (Lipinski definition) is 2. The molecule has 1 fully saturated rings. The van der Waals surface area contributed by atoms with E-state index in [-0.39, 0.29) is 18.7 Å². The predicted octanol–water partition coefficient (Wildman–Crippen LogP) is 2.40. The van der Waals surface area contributed by atoms with Crippen LogP contribution in [0.25, 0.3) is 0 Å². The maximum atomic E-state index is 12.2. The van der Waals surface area contributed by atoms with Crippen molar-refractivity contribution in [3.05, 3.63) is 0 Å². The Morgan fingerprint density at radius 1 is 1.35 bits per heavy atom. The summed E-state index contributed by atoms with van der Waals surface area (Å²) in [5.41, 5.74) is -0.223. The van der Waals surface area contributed by atoms with Crippen LogP contribution in [0.1, 0.15) is 39.0 Å². The van der Waals surface area contributed by atoms with Crippen molar-refractivity contribution in [1.29, 1.82) is 0 Å². The van der Waals surface area contributed by atoms with Gasteiger partial charge in [-0.25, -0.2) is 0 Å². The fraction of sp³-hybridized carbons (Fsp3) is 1.00. The largest absolute Gasteiger partial charge is 0.394 e. The van der Waals surface area contributed by atoms with Crippen LogP contribution in [-0.2, 0) is 0 Å². The zero-order valence-electron chi connectivity index (χ0n) is 12.5. The Kier molecular flexibility index (Phi) is 6.75. The molecule has 1 aliphatic carbocycles. The maximum absolute atomic E-state index is 12.2. The first-order valence-corrected chi connectivity index (χ1v) is 7.44. The van der Waals surface area contributed by atoms with Crippen LogP contribution in [0.15, 0.2) is 0 Å². The monoisotopic (exact) mass is 296 g/mol. The maximum Gasteiger partial charge on any atom is 0.390 e. The second kappa shape index (κ2) is 7.61. The van der Waals surface area contributed by atoms with Gasteiger partial charge in [0.2, 0.25) is 0 Å². The molecule has 0 radical (unpaired) electrons. The standard InChI is InChI=1S/C14H27F3N2O/c1-3-18-13(11-20)7-4-5-12(13)6-9-19(2)10-8-14(15,16)17/h12,18,20H,3-11H2,1-2H3. The molecule has 2 unspecified atom stereocenters. The Hall–Kier alpha value is -0.330. The van der Waals surface area contributed by atoms with Crippen LogP contribution in [0.2, 0.25) is 0 Å². The highest BCUT2D eigenvalue weighted by atomic mass is 19.4. The first-order valence-electron chi connectivity index (χ1n) is 7.44. The lowest BCUT2D eigenvalue weighted by Crippen LogP contribution is -2.51. The number of aliphatic hydroxyl groups excluding tert-OH is 1. The average Bonchev–Trinajstić information content (AvgIpc) is 2.77. The van der Waals surface area contributed by atoms with Crippen molar-refractivity contribution in [2.24, 2.45) is 5.92 Å². The number of rotatable bonds is 8. The molecule has 6 heteroatoms. The third-order valence-electron chi connectivity index (χ3n) is 4.40. The number of nitrogens with one attached hydrogen (secondary N) is 1. The van der Waals surface area contributed by atoms with E-state index in [0.29, 0.717) is 12.5 Å². The van der Waals surface area contributed by atoms with Crippen LogP contribution < -0.4 is 5.32 Å². The fourth-order valence-corrected chi connectivity index (χ4v) is 3.22. The molecule has 0 aromatic carbocycles. The van der Waals surface area contributed by atoms with E-state index < -0.39 is 12.6 Å². The van der Waals surface area contributed by atoms with Crippen LogP contribution in [0, 0.1) is 5.92 Å². The van der Waals surface area contributed by atoms with Gasteiger partial charge in [0.15, 0.2) is 0 Å². The Morgan fingerprint density at radius 3 is 2.60 bits per heavy atom. The Morgan fingerprint density at radius 2 is 2.05 bits per heavy atom. The molecule has 20 heavy (non-hydrogen) atoms. The molecule has 2 N–H and O–H groups in total. The summed E-state index contributed by atoms with van der Waals surface area (Å²) in [6.45, 7) is 3.62. The molecule has 1 aliphatic rings. The summed E-state index contributed by atoms with van der Waals surface area (Å²) in [5.74, 6) is 0.348. The predicted molar refractivity (Wildman–Crippen MR) is 73.6 cm³/mol. The number of hydrogen-bond acceptors (Lipinski definition) is 3. The van der Waals surface area contributed by atoms with E-state index in [2.05, 4.69) is 5.32 Å². The summed E-state index contributed by atoms with van der Waals surface area (Å²) in [4.78, 5) is 1.74. The number of nitrogens with zero attached hydrogens (tertiary/aromatic N) is 1. The Bertz CT molecular complexity index is 286. The van der Waals surface area contributed by atoms with Gasteiger partial charge in [0, 0.05) is 12.1 Å². The molecule has 0 amide bonds. The summed E-state index contributed by atoms with van der Waals surface area (Å²) in [5, 5.41) is 13.1. The molecule has 0 spiro atoms. The topological polar surface area (TPSA) is 35.5 Å². The van der Waals surface area contributed by atoms with Crippen LogP contribution in [-0.4, -0.2) is 55.0 Å². The molecule has 120 valence electrons. The van der Waals surface area contributed by atoms with E-state index in [1.807, 2.05) is 6.92 Å². The van der Waals surface area contributed by atoms with Gasteiger partial charge in [0.05, 0.1) is 13.0 Å². The smallest absolute Gasteiger partial charge is 0.390 e. The molecule has 1 rings (SSSR count).